The minimum Gasteiger partial charge on any atom is -0.497 e. The Morgan fingerprint density at radius 2 is 1.77 bits per heavy atom. The fraction of sp³-hybridized carbons (Fsp3) is 0.263. The molecular weight excluding hydrogens is 537 g/mol. The highest BCUT2D eigenvalue weighted by molar-refractivity contribution is 9.10. The van der Waals surface area contributed by atoms with Gasteiger partial charge >= 0.3 is 0 Å². The maximum absolute atomic E-state index is 12.6. The Hall–Kier alpha value is -1.45. The molecule has 0 aliphatic carbocycles. The van der Waals surface area contributed by atoms with Crippen molar-refractivity contribution in [3.05, 3.63) is 52.5 Å². The van der Waals surface area contributed by atoms with Crippen LogP contribution in [-0.4, -0.2) is 35.2 Å². The van der Waals surface area contributed by atoms with Crippen LogP contribution in [0.5, 0.6) is 11.5 Å². The Balaban J connectivity index is 2.04. The van der Waals surface area contributed by atoms with Crippen molar-refractivity contribution in [1.29, 1.82) is 0 Å². The molecule has 0 radical (unpaired) electrons. The molecule has 0 bridgehead atoms. The standard InChI is InChI=1S/C19H19BrCl3N3O3S/c1-28-14-8-3-11(15(10-14)29-2)9-16(27)25-17(19(21,22)23)26-18(30)24-13-6-4-12(20)5-7-13/h3-8,10,17H,9H2,1-2H3,(H,25,27)(H2,24,26,30). The first-order valence-electron chi connectivity index (χ1n) is 8.52. The maximum Gasteiger partial charge on any atom is 0.228 e. The Morgan fingerprint density at radius 3 is 2.33 bits per heavy atom. The molecule has 162 valence electrons. The summed E-state index contributed by atoms with van der Waals surface area (Å²) in [6, 6.07) is 12.5. The molecule has 0 saturated carbocycles. The lowest BCUT2D eigenvalue weighted by atomic mass is 10.1. The second-order valence-electron chi connectivity index (χ2n) is 6.00. The molecule has 11 heteroatoms. The number of carbonyl (C=O) groups is 1. The number of thiocarbonyl (C=S) groups is 1. The predicted octanol–water partition coefficient (Wildman–Crippen LogP) is 4.81. The van der Waals surface area contributed by atoms with E-state index in [1.165, 1.54) is 7.11 Å². The van der Waals surface area contributed by atoms with Crippen molar-refractivity contribution in [2.24, 2.45) is 0 Å². The van der Waals surface area contributed by atoms with Gasteiger partial charge in [0.05, 0.1) is 20.6 Å². The highest BCUT2D eigenvalue weighted by Crippen LogP contribution is 2.30. The van der Waals surface area contributed by atoms with Gasteiger partial charge in [0.25, 0.3) is 0 Å². The molecule has 0 aromatic heterocycles. The Morgan fingerprint density at radius 1 is 1.10 bits per heavy atom. The molecule has 1 unspecified atom stereocenters. The quantitative estimate of drug-likeness (QED) is 0.259. The van der Waals surface area contributed by atoms with Gasteiger partial charge in [-0.3, -0.25) is 4.79 Å². The van der Waals surface area contributed by atoms with Gasteiger partial charge in [0.15, 0.2) is 5.11 Å². The van der Waals surface area contributed by atoms with Crippen LogP contribution in [-0.2, 0) is 11.2 Å². The van der Waals surface area contributed by atoms with Crippen molar-refractivity contribution in [2.45, 2.75) is 16.4 Å². The van der Waals surface area contributed by atoms with Crippen LogP contribution in [0.2, 0.25) is 0 Å². The van der Waals surface area contributed by atoms with Gasteiger partial charge in [0.2, 0.25) is 9.70 Å². The predicted molar refractivity (Wildman–Crippen MR) is 129 cm³/mol. The van der Waals surface area contributed by atoms with Gasteiger partial charge in [0, 0.05) is 21.8 Å². The van der Waals surface area contributed by atoms with Crippen molar-refractivity contribution in [1.82, 2.24) is 10.6 Å². The number of hydrogen-bond acceptors (Lipinski definition) is 4. The molecule has 0 heterocycles. The fourth-order valence-electron chi connectivity index (χ4n) is 2.41. The van der Waals surface area contributed by atoms with E-state index < -0.39 is 15.9 Å². The number of anilines is 1. The lowest BCUT2D eigenvalue weighted by molar-refractivity contribution is -0.121. The summed E-state index contributed by atoms with van der Waals surface area (Å²) in [4.78, 5) is 12.6. The van der Waals surface area contributed by atoms with E-state index in [4.69, 9.17) is 56.5 Å². The average molecular weight is 556 g/mol. The van der Waals surface area contributed by atoms with Crippen molar-refractivity contribution in [3.63, 3.8) is 0 Å². The van der Waals surface area contributed by atoms with Crippen LogP contribution < -0.4 is 25.4 Å². The molecule has 3 N–H and O–H groups in total. The third-order valence-electron chi connectivity index (χ3n) is 3.86. The molecule has 1 atom stereocenters. The second-order valence-corrected chi connectivity index (χ2v) is 9.69. The van der Waals surface area contributed by atoms with Gasteiger partial charge in [-0.15, -0.1) is 0 Å². The van der Waals surface area contributed by atoms with Crippen LogP contribution in [0.3, 0.4) is 0 Å². The van der Waals surface area contributed by atoms with Crippen LogP contribution in [0.15, 0.2) is 46.9 Å². The average Bonchev–Trinajstić information content (AvgIpc) is 2.68. The highest BCUT2D eigenvalue weighted by Gasteiger charge is 2.34. The first-order valence-corrected chi connectivity index (χ1v) is 10.9. The van der Waals surface area contributed by atoms with E-state index in [0.717, 1.165) is 10.2 Å². The molecule has 2 rings (SSSR count). The Bertz CT molecular complexity index is 895. The molecular formula is C19H19BrCl3N3O3S. The van der Waals surface area contributed by atoms with Gasteiger partial charge in [-0.05, 0) is 42.5 Å². The fourth-order valence-corrected chi connectivity index (χ4v) is 3.24. The van der Waals surface area contributed by atoms with Crippen LogP contribution >= 0.6 is 63.0 Å². The number of benzene rings is 2. The molecule has 0 aliphatic rings. The van der Waals surface area contributed by atoms with Crippen molar-refractivity contribution in [3.8, 4) is 11.5 Å². The van der Waals surface area contributed by atoms with Crippen LogP contribution in [0.25, 0.3) is 0 Å². The van der Waals surface area contributed by atoms with Crippen molar-refractivity contribution in [2.75, 3.05) is 19.5 Å². The first kappa shape index (κ1) is 24.8. The number of alkyl halides is 3. The lowest BCUT2D eigenvalue weighted by Crippen LogP contribution is -2.56. The third-order valence-corrected chi connectivity index (χ3v) is 5.26. The van der Waals surface area contributed by atoms with E-state index in [-0.39, 0.29) is 11.5 Å². The van der Waals surface area contributed by atoms with Gasteiger partial charge in [-0.2, -0.15) is 0 Å². The molecule has 6 nitrogen and oxygen atoms in total. The zero-order valence-electron chi connectivity index (χ0n) is 16.0. The second kappa shape index (κ2) is 11.2. The van der Waals surface area contributed by atoms with E-state index in [1.807, 2.05) is 24.3 Å². The summed E-state index contributed by atoms with van der Waals surface area (Å²) in [7, 11) is 3.05. The zero-order valence-corrected chi connectivity index (χ0v) is 20.6. The Kier molecular flexibility index (Phi) is 9.31. The maximum atomic E-state index is 12.6. The molecule has 0 fully saturated rings. The third kappa shape index (κ3) is 7.67. The number of hydrogen-bond donors (Lipinski definition) is 3. The van der Waals surface area contributed by atoms with E-state index in [1.54, 1.807) is 25.3 Å². The van der Waals surface area contributed by atoms with E-state index >= 15 is 0 Å². The van der Waals surface area contributed by atoms with Crippen molar-refractivity contribution < 1.29 is 14.3 Å². The van der Waals surface area contributed by atoms with E-state index in [9.17, 15) is 4.79 Å². The Labute approximate surface area is 203 Å². The monoisotopic (exact) mass is 553 g/mol. The normalized spacial score (nSPS) is 11.9. The van der Waals surface area contributed by atoms with Gasteiger partial charge in [-0.25, -0.2) is 0 Å². The highest BCUT2D eigenvalue weighted by atomic mass is 79.9. The molecule has 30 heavy (non-hydrogen) atoms. The van der Waals surface area contributed by atoms with Gasteiger partial charge < -0.3 is 25.4 Å². The summed E-state index contributed by atoms with van der Waals surface area (Å²) >= 11 is 26.7. The minimum absolute atomic E-state index is 0.000995. The van der Waals surface area contributed by atoms with Crippen LogP contribution in [0.1, 0.15) is 5.56 Å². The summed E-state index contributed by atoms with van der Waals surface area (Å²) in [5, 5.41) is 8.60. The number of amides is 1. The van der Waals surface area contributed by atoms with E-state index in [2.05, 4.69) is 31.9 Å². The molecule has 0 spiro atoms. The molecule has 0 aliphatic heterocycles. The molecule has 2 aromatic rings. The number of carbonyl (C=O) groups excluding carboxylic acids is 1. The summed E-state index contributed by atoms with van der Waals surface area (Å²) in [5.41, 5.74) is 1.38. The summed E-state index contributed by atoms with van der Waals surface area (Å²) in [6.45, 7) is 0. The number of ether oxygens (including phenoxy) is 2. The largest absolute Gasteiger partial charge is 0.497 e. The topological polar surface area (TPSA) is 71.6 Å². The number of methoxy groups -OCH3 is 2. The molecule has 1 amide bonds. The minimum atomic E-state index is -1.86. The van der Waals surface area contributed by atoms with E-state index in [0.29, 0.717) is 17.1 Å². The van der Waals surface area contributed by atoms with Crippen LogP contribution in [0.4, 0.5) is 5.69 Å². The van der Waals surface area contributed by atoms with Crippen LogP contribution in [0, 0.1) is 0 Å². The number of nitrogens with one attached hydrogen (secondary N) is 3. The number of rotatable bonds is 7. The summed E-state index contributed by atoms with van der Waals surface area (Å²) < 4.78 is 9.54. The smallest absolute Gasteiger partial charge is 0.228 e. The summed E-state index contributed by atoms with van der Waals surface area (Å²) in [6.07, 6.45) is -1.08. The molecule has 2 aromatic carbocycles. The zero-order chi connectivity index (χ0) is 22.3. The summed E-state index contributed by atoms with van der Waals surface area (Å²) in [5.74, 6) is 0.727. The first-order chi connectivity index (χ1) is 14.1. The lowest BCUT2D eigenvalue weighted by Gasteiger charge is -2.28. The molecule has 0 saturated heterocycles. The van der Waals surface area contributed by atoms with Gasteiger partial charge in [0.1, 0.15) is 17.7 Å². The number of halogens is 4. The van der Waals surface area contributed by atoms with Gasteiger partial charge in [-0.1, -0.05) is 56.8 Å². The van der Waals surface area contributed by atoms with Crippen molar-refractivity contribution >= 4 is 79.7 Å². The SMILES string of the molecule is COc1ccc(CC(=O)NC(NC(=S)Nc2ccc(Br)cc2)C(Cl)(Cl)Cl)c(OC)c1.